The number of imidazole rings is 1. The molecule has 1 saturated carbocycles. The van der Waals surface area contributed by atoms with E-state index in [4.69, 9.17) is 16.3 Å². The Morgan fingerprint density at radius 3 is 2.44 bits per heavy atom. The first-order valence-electron chi connectivity index (χ1n) is 21.6. The van der Waals surface area contributed by atoms with E-state index in [0.717, 1.165) is 69.2 Å². The van der Waals surface area contributed by atoms with Crippen molar-refractivity contribution in [3.8, 4) is 0 Å². The van der Waals surface area contributed by atoms with Gasteiger partial charge in [0.05, 0.1) is 28.6 Å². The molecule has 4 N–H and O–H groups in total. The number of rotatable bonds is 13. The van der Waals surface area contributed by atoms with Crippen LogP contribution in [0.15, 0.2) is 63.1 Å². The van der Waals surface area contributed by atoms with Crippen molar-refractivity contribution in [2.45, 2.75) is 107 Å². The Morgan fingerprint density at radius 1 is 0.968 bits per heavy atom. The maximum Gasteiger partial charge on any atom is 0.329 e. The number of hydrogen-bond donors (Lipinski definition) is 4. The molecule has 8 rings (SSSR count). The Labute approximate surface area is 365 Å². The monoisotopic (exact) mass is 889 g/mol. The van der Waals surface area contributed by atoms with Gasteiger partial charge in [0.15, 0.2) is 0 Å². The molecule has 2 unspecified atom stereocenters. The highest BCUT2D eigenvalue weighted by Crippen LogP contribution is 2.34. The van der Waals surface area contributed by atoms with Crippen LogP contribution >= 0.6 is 11.6 Å². The van der Waals surface area contributed by atoms with Crippen LogP contribution in [-0.2, 0) is 26.6 Å². The summed E-state index contributed by atoms with van der Waals surface area (Å²) in [4.78, 5) is 50.3. The van der Waals surface area contributed by atoms with Crippen LogP contribution in [0.2, 0.25) is 5.02 Å². The summed E-state index contributed by atoms with van der Waals surface area (Å²) in [5.41, 5.74) is 3.99. The molecular weight excluding hydrogens is 834 g/mol. The predicted molar refractivity (Wildman–Crippen MR) is 239 cm³/mol. The lowest BCUT2D eigenvalue weighted by atomic mass is 9.85. The van der Waals surface area contributed by atoms with Crippen molar-refractivity contribution in [1.29, 1.82) is 0 Å². The number of piperidine rings is 2. The fourth-order valence-electron chi connectivity index (χ4n) is 9.43. The second-order valence-electron chi connectivity index (χ2n) is 17.4. The van der Waals surface area contributed by atoms with Crippen molar-refractivity contribution < 1.29 is 23.1 Å². The SMILES string of the molecule is Cc1cc(S(=O)(=O)NCCOC2CCC(CN3CCC(c4ccc5c(c4)n(C)c(=O)n5C4CCC(O)NC4=O)CC3)CC2)ccc1Nc1ncc2cc(Cl)c(=O)n(C(C)C)c2n1. The molecule has 0 spiro atoms. The van der Waals surface area contributed by atoms with Gasteiger partial charge < -0.3 is 25.4 Å². The standard InChI is InChI=1S/C44H56ClN9O7S/c1-26(2)53-40-31(22-34(45)42(53)57)24-46-43(50-40)48-35-11-10-33(21-27(35)3)62(59,60)47-17-20-61-32-8-5-28(6-9-32)25-52-18-15-29(16-19-52)30-7-12-36-38(23-30)51(4)44(58)54(36)37-13-14-39(55)49-41(37)56/h7,10-12,21-24,26,28-29,32,37,39,47,55H,5-6,8-9,13-20,25H2,1-4H3,(H,49,56)(H,46,48,50). The van der Waals surface area contributed by atoms with Gasteiger partial charge in [-0.1, -0.05) is 17.7 Å². The van der Waals surface area contributed by atoms with Gasteiger partial charge in [0.25, 0.3) is 5.56 Å². The summed E-state index contributed by atoms with van der Waals surface area (Å²) in [6.45, 7) is 9.10. The summed E-state index contributed by atoms with van der Waals surface area (Å²) in [5.74, 6) is 0.938. The minimum absolute atomic E-state index is 0.0988. The number of amides is 1. The summed E-state index contributed by atoms with van der Waals surface area (Å²) >= 11 is 6.15. The number of aliphatic hydroxyl groups is 1. The Balaban J connectivity index is 0.766. The number of likely N-dealkylation sites (tertiary alicyclic amines) is 1. The predicted octanol–water partition coefficient (Wildman–Crippen LogP) is 5.23. The molecule has 3 aromatic heterocycles. The van der Waals surface area contributed by atoms with Gasteiger partial charge in [-0.15, -0.1) is 0 Å². The van der Waals surface area contributed by atoms with Gasteiger partial charge >= 0.3 is 5.69 Å². The van der Waals surface area contributed by atoms with Crippen molar-refractivity contribution in [2.24, 2.45) is 13.0 Å². The molecule has 3 fully saturated rings. The molecule has 2 aromatic carbocycles. The van der Waals surface area contributed by atoms with Gasteiger partial charge in [-0.05, 0) is 145 Å². The Hall–Kier alpha value is -4.65. The number of nitrogens with zero attached hydrogens (tertiary/aromatic N) is 6. The fourth-order valence-corrected chi connectivity index (χ4v) is 10.7. The molecule has 0 bridgehead atoms. The van der Waals surface area contributed by atoms with Gasteiger partial charge in [-0.2, -0.15) is 4.98 Å². The Bertz CT molecular complexity index is 2700. The topological polar surface area (TPSA) is 195 Å². The van der Waals surface area contributed by atoms with E-state index in [0.29, 0.717) is 47.0 Å². The van der Waals surface area contributed by atoms with Crippen LogP contribution in [0.1, 0.15) is 94.3 Å². The van der Waals surface area contributed by atoms with Gasteiger partial charge in [0.2, 0.25) is 21.9 Å². The molecule has 16 nitrogen and oxygen atoms in total. The van der Waals surface area contributed by atoms with E-state index in [1.165, 1.54) is 16.2 Å². The van der Waals surface area contributed by atoms with E-state index in [-0.39, 0.29) is 58.3 Å². The third-order valence-electron chi connectivity index (χ3n) is 12.9. The molecule has 2 atom stereocenters. The molecule has 2 saturated heterocycles. The van der Waals surface area contributed by atoms with E-state index in [2.05, 4.69) is 42.4 Å². The first kappa shape index (κ1) is 44.0. The number of aliphatic hydroxyl groups excluding tert-OH is 1. The summed E-state index contributed by atoms with van der Waals surface area (Å²) < 4.78 is 40.0. The lowest BCUT2D eigenvalue weighted by Gasteiger charge is -2.36. The number of fused-ring (bicyclic) bond motifs is 2. The lowest BCUT2D eigenvalue weighted by Crippen LogP contribution is -2.46. The first-order chi connectivity index (χ1) is 29.7. The van der Waals surface area contributed by atoms with Crippen LogP contribution in [0, 0.1) is 12.8 Å². The molecule has 62 heavy (non-hydrogen) atoms. The van der Waals surface area contributed by atoms with E-state index in [1.54, 1.807) is 47.5 Å². The van der Waals surface area contributed by atoms with E-state index >= 15 is 0 Å². The third-order valence-corrected chi connectivity index (χ3v) is 14.6. The number of benzene rings is 2. The van der Waals surface area contributed by atoms with Gasteiger partial charge in [0, 0.05) is 43.4 Å². The smallest absolute Gasteiger partial charge is 0.329 e. The van der Waals surface area contributed by atoms with Crippen LogP contribution in [0.25, 0.3) is 22.1 Å². The molecule has 5 aromatic rings. The minimum atomic E-state index is -3.78. The minimum Gasteiger partial charge on any atom is -0.377 e. The highest BCUT2D eigenvalue weighted by molar-refractivity contribution is 7.89. The number of carbonyl (C=O) groups is 1. The zero-order chi connectivity index (χ0) is 43.9. The zero-order valence-electron chi connectivity index (χ0n) is 35.6. The summed E-state index contributed by atoms with van der Waals surface area (Å²) in [6, 6.07) is 11.7. The molecule has 332 valence electrons. The fraction of sp³-hybridized carbons (Fsp3) is 0.523. The Kier molecular flexibility index (Phi) is 12.9. The van der Waals surface area contributed by atoms with E-state index < -0.39 is 22.3 Å². The van der Waals surface area contributed by atoms with Crippen molar-refractivity contribution in [3.05, 3.63) is 85.6 Å². The number of aromatic nitrogens is 5. The largest absolute Gasteiger partial charge is 0.377 e. The second-order valence-corrected chi connectivity index (χ2v) is 19.6. The van der Waals surface area contributed by atoms with Crippen molar-refractivity contribution in [1.82, 2.24) is 38.6 Å². The number of anilines is 2. The molecule has 5 heterocycles. The highest BCUT2D eigenvalue weighted by Gasteiger charge is 2.32. The summed E-state index contributed by atoms with van der Waals surface area (Å²) in [7, 11) is -2.02. The third kappa shape index (κ3) is 9.19. The maximum atomic E-state index is 13.2. The highest BCUT2D eigenvalue weighted by atomic mass is 35.5. The molecule has 0 radical (unpaired) electrons. The number of nitrogens with one attached hydrogen (secondary N) is 3. The normalized spacial score (nSPS) is 21.8. The second kappa shape index (κ2) is 18.2. The van der Waals surface area contributed by atoms with Crippen LogP contribution in [0.4, 0.5) is 11.6 Å². The zero-order valence-corrected chi connectivity index (χ0v) is 37.2. The number of hydrogen-bond acceptors (Lipinski definition) is 11. The lowest BCUT2D eigenvalue weighted by molar-refractivity contribution is -0.130. The molecule has 3 aliphatic rings. The molecule has 1 aliphatic carbocycles. The van der Waals surface area contributed by atoms with Gasteiger partial charge in [-0.3, -0.25) is 23.3 Å². The van der Waals surface area contributed by atoms with Crippen LogP contribution in [0.5, 0.6) is 0 Å². The van der Waals surface area contributed by atoms with E-state index in [1.807, 2.05) is 19.9 Å². The van der Waals surface area contributed by atoms with Crippen molar-refractivity contribution in [3.63, 3.8) is 0 Å². The molecule has 18 heteroatoms. The van der Waals surface area contributed by atoms with Gasteiger partial charge in [0.1, 0.15) is 22.9 Å². The Morgan fingerprint density at radius 2 is 1.73 bits per heavy atom. The summed E-state index contributed by atoms with van der Waals surface area (Å²) in [5, 5.41) is 16.3. The molecule has 1 amide bonds. The van der Waals surface area contributed by atoms with Crippen LogP contribution < -0.4 is 26.6 Å². The van der Waals surface area contributed by atoms with Crippen molar-refractivity contribution in [2.75, 3.05) is 38.1 Å². The molecular formula is C44H56ClN9O7S. The average Bonchev–Trinajstić information content (AvgIpc) is 3.49. The van der Waals surface area contributed by atoms with Crippen molar-refractivity contribution >= 4 is 61.2 Å². The number of carbonyl (C=O) groups excluding carboxylic acids is 1. The first-order valence-corrected chi connectivity index (χ1v) is 23.5. The number of sulfonamides is 1. The van der Waals surface area contributed by atoms with Crippen LogP contribution in [0.3, 0.4) is 0 Å². The number of halogens is 1. The van der Waals surface area contributed by atoms with E-state index in [9.17, 15) is 27.9 Å². The maximum absolute atomic E-state index is 13.2. The molecule has 2 aliphatic heterocycles. The number of pyridine rings is 1. The average molecular weight is 891 g/mol. The quantitative estimate of drug-likeness (QED) is 0.113. The summed E-state index contributed by atoms with van der Waals surface area (Å²) in [6.07, 6.45) is 7.79. The number of ether oxygens (including phenoxy) is 1. The number of aryl methyl sites for hydroxylation is 2. The van der Waals surface area contributed by atoms with Gasteiger partial charge in [-0.25, -0.2) is 22.9 Å². The van der Waals surface area contributed by atoms with Crippen LogP contribution in [-0.4, -0.2) is 93.1 Å².